The van der Waals surface area contributed by atoms with Gasteiger partial charge in [-0.1, -0.05) is 6.92 Å². The fourth-order valence-corrected chi connectivity index (χ4v) is 3.08. The van der Waals surface area contributed by atoms with E-state index in [1.54, 1.807) is 0 Å². The number of thiophene rings is 1. The van der Waals surface area contributed by atoms with E-state index in [-0.39, 0.29) is 6.04 Å². The molecule has 2 heterocycles. The molecule has 0 bridgehead atoms. The van der Waals surface area contributed by atoms with Gasteiger partial charge in [-0.05, 0) is 55.8 Å². The number of allylic oxidation sites excluding steroid dienone is 1. The average molecular weight is 251 g/mol. The predicted octanol–water partition coefficient (Wildman–Crippen LogP) is 3.79. The summed E-state index contributed by atoms with van der Waals surface area (Å²) in [6.45, 7) is 6.26. The minimum atomic E-state index is 0.259. The molecule has 0 aromatic carbocycles. The second-order valence-corrected chi connectivity index (χ2v) is 5.40. The second-order valence-electron chi connectivity index (χ2n) is 4.45. The van der Waals surface area contributed by atoms with Gasteiger partial charge in [0, 0.05) is 4.88 Å². The van der Waals surface area contributed by atoms with Gasteiger partial charge in [0.05, 0.1) is 12.6 Å². The van der Waals surface area contributed by atoms with Crippen LogP contribution in [0.15, 0.2) is 23.3 Å². The Morgan fingerprint density at radius 1 is 1.53 bits per heavy atom. The molecule has 0 fully saturated rings. The minimum absolute atomic E-state index is 0.259. The number of rotatable bonds is 5. The number of hydrogen-bond donors (Lipinski definition) is 1. The van der Waals surface area contributed by atoms with Crippen molar-refractivity contribution in [3.8, 4) is 0 Å². The molecule has 1 aromatic rings. The van der Waals surface area contributed by atoms with Crippen molar-refractivity contribution < 1.29 is 4.74 Å². The number of aryl methyl sites for hydroxylation is 1. The van der Waals surface area contributed by atoms with Crippen molar-refractivity contribution in [3.05, 3.63) is 33.7 Å². The largest absolute Gasteiger partial charge is 0.496 e. The van der Waals surface area contributed by atoms with Gasteiger partial charge in [0.1, 0.15) is 5.76 Å². The molecule has 0 spiro atoms. The fourth-order valence-electron chi connectivity index (χ4n) is 2.07. The first-order valence-electron chi connectivity index (χ1n) is 6.43. The van der Waals surface area contributed by atoms with Crippen molar-refractivity contribution in [2.45, 2.75) is 39.2 Å². The van der Waals surface area contributed by atoms with Gasteiger partial charge in [0.15, 0.2) is 0 Å². The average Bonchev–Trinajstić information content (AvgIpc) is 2.78. The SMILES string of the molecule is CCCNC(C1=CCCCO1)c1sccc1C. The zero-order valence-electron chi connectivity index (χ0n) is 10.7. The lowest BCUT2D eigenvalue weighted by atomic mass is 10.1. The van der Waals surface area contributed by atoms with Crippen LogP contribution < -0.4 is 5.32 Å². The summed E-state index contributed by atoms with van der Waals surface area (Å²) in [5.74, 6) is 1.12. The first-order valence-corrected chi connectivity index (χ1v) is 7.31. The lowest BCUT2D eigenvalue weighted by molar-refractivity contribution is 0.168. The summed E-state index contributed by atoms with van der Waals surface area (Å²) in [4.78, 5) is 1.40. The van der Waals surface area contributed by atoms with Gasteiger partial charge >= 0.3 is 0 Å². The van der Waals surface area contributed by atoms with Crippen molar-refractivity contribution in [1.29, 1.82) is 0 Å². The van der Waals surface area contributed by atoms with Crippen molar-refractivity contribution in [2.24, 2.45) is 0 Å². The van der Waals surface area contributed by atoms with Gasteiger partial charge in [-0.15, -0.1) is 11.3 Å². The van der Waals surface area contributed by atoms with Crippen LogP contribution in [0.3, 0.4) is 0 Å². The zero-order valence-corrected chi connectivity index (χ0v) is 11.5. The highest BCUT2D eigenvalue weighted by molar-refractivity contribution is 7.10. The molecule has 2 rings (SSSR count). The minimum Gasteiger partial charge on any atom is -0.496 e. The van der Waals surface area contributed by atoms with Gasteiger partial charge < -0.3 is 10.1 Å². The third-order valence-corrected chi connectivity index (χ3v) is 4.09. The van der Waals surface area contributed by atoms with Crippen LogP contribution in [0.2, 0.25) is 0 Å². The fraction of sp³-hybridized carbons (Fsp3) is 0.571. The van der Waals surface area contributed by atoms with Crippen LogP contribution in [-0.4, -0.2) is 13.2 Å². The summed E-state index contributed by atoms with van der Waals surface area (Å²) in [7, 11) is 0. The predicted molar refractivity (Wildman–Crippen MR) is 73.4 cm³/mol. The van der Waals surface area contributed by atoms with Crippen LogP contribution in [0.25, 0.3) is 0 Å². The molecule has 0 aliphatic carbocycles. The lowest BCUT2D eigenvalue weighted by Gasteiger charge is -2.24. The Kier molecular flexibility index (Phi) is 4.63. The molecule has 0 radical (unpaired) electrons. The highest BCUT2D eigenvalue weighted by atomic mass is 32.1. The van der Waals surface area contributed by atoms with Gasteiger partial charge in [0.25, 0.3) is 0 Å². The van der Waals surface area contributed by atoms with E-state index in [9.17, 15) is 0 Å². The normalized spacial score (nSPS) is 17.4. The van der Waals surface area contributed by atoms with E-state index in [4.69, 9.17) is 4.74 Å². The molecule has 3 heteroatoms. The Morgan fingerprint density at radius 3 is 3.00 bits per heavy atom. The Balaban J connectivity index is 2.18. The molecule has 17 heavy (non-hydrogen) atoms. The van der Waals surface area contributed by atoms with Gasteiger partial charge in [-0.2, -0.15) is 0 Å². The smallest absolute Gasteiger partial charge is 0.114 e. The maximum atomic E-state index is 5.82. The van der Waals surface area contributed by atoms with E-state index < -0.39 is 0 Å². The molecular formula is C14H21NOS. The highest BCUT2D eigenvalue weighted by Gasteiger charge is 2.21. The number of hydrogen-bond acceptors (Lipinski definition) is 3. The highest BCUT2D eigenvalue weighted by Crippen LogP contribution is 2.31. The third-order valence-electron chi connectivity index (χ3n) is 3.01. The number of ether oxygens (including phenoxy) is 1. The summed E-state index contributed by atoms with van der Waals surface area (Å²) in [5.41, 5.74) is 1.36. The Bertz CT molecular complexity index is 383. The first kappa shape index (κ1) is 12.7. The molecule has 1 aliphatic heterocycles. The summed E-state index contributed by atoms with van der Waals surface area (Å²) >= 11 is 1.82. The van der Waals surface area contributed by atoms with E-state index in [0.717, 1.165) is 38.2 Å². The van der Waals surface area contributed by atoms with Gasteiger partial charge in [-0.25, -0.2) is 0 Å². The molecule has 1 N–H and O–H groups in total. The summed E-state index contributed by atoms with van der Waals surface area (Å²) in [6.07, 6.45) is 5.68. The van der Waals surface area contributed by atoms with Crippen LogP contribution in [-0.2, 0) is 4.74 Å². The topological polar surface area (TPSA) is 21.3 Å². The zero-order chi connectivity index (χ0) is 12.1. The molecule has 0 amide bonds. The van der Waals surface area contributed by atoms with Crippen molar-refractivity contribution in [1.82, 2.24) is 5.32 Å². The van der Waals surface area contributed by atoms with Gasteiger partial charge in [-0.3, -0.25) is 0 Å². The number of nitrogens with one attached hydrogen (secondary N) is 1. The Morgan fingerprint density at radius 2 is 2.41 bits per heavy atom. The lowest BCUT2D eigenvalue weighted by Crippen LogP contribution is -2.26. The summed E-state index contributed by atoms with van der Waals surface area (Å²) in [6, 6.07) is 2.44. The maximum Gasteiger partial charge on any atom is 0.114 e. The van der Waals surface area contributed by atoms with Crippen LogP contribution in [0.1, 0.15) is 42.7 Å². The van der Waals surface area contributed by atoms with Crippen LogP contribution in [0.5, 0.6) is 0 Å². The van der Waals surface area contributed by atoms with Crippen molar-refractivity contribution >= 4 is 11.3 Å². The van der Waals surface area contributed by atoms with Crippen LogP contribution >= 0.6 is 11.3 Å². The third kappa shape index (κ3) is 3.11. The second kappa shape index (κ2) is 6.22. The standard InChI is InChI=1S/C14H21NOS/c1-3-8-15-13(12-6-4-5-9-16-12)14-11(2)7-10-17-14/h6-7,10,13,15H,3-5,8-9H2,1-2H3. The maximum absolute atomic E-state index is 5.82. The van der Waals surface area contributed by atoms with E-state index in [0.29, 0.717) is 0 Å². The Labute approximate surface area is 108 Å². The molecule has 1 atom stereocenters. The Hall–Kier alpha value is -0.800. The summed E-state index contributed by atoms with van der Waals surface area (Å²) < 4.78 is 5.82. The molecule has 1 aromatic heterocycles. The van der Waals surface area contributed by atoms with E-state index >= 15 is 0 Å². The van der Waals surface area contributed by atoms with Crippen molar-refractivity contribution in [3.63, 3.8) is 0 Å². The van der Waals surface area contributed by atoms with Gasteiger partial charge in [0.2, 0.25) is 0 Å². The molecule has 94 valence electrons. The molecule has 1 aliphatic rings. The van der Waals surface area contributed by atoms with Crippen LogP contribution in [0.4, 0.5) is 0 Å². The molecule has 0 saturated carbocycles. The molecule has 0 saturated heterocycles. The van der Waals surface area contributed by atoms with Crippen molar-refractivity contribution in [2.75, 3.05) is 13.2 Å². The van der Waals surface area contributed by atoms with E-state index in [1.165, 1.54) is 10.4 Å². The van der Waals surface area contributed by atoms with E-state index in [1.807, 2.05) is 11.3 Å². The first-order chi connectivity index (χ1) is 8.33. The quantitative estimate of drug-likeness (QED) is 0.859. The molecular weight excluding hydrogens is 230 g/mol. The summed E-state index contributed by atoms with van der Waals surface area (Å²) in [5, 5.41) is 5.76. The monoisotopic (exact) mass is 251 g/mol. The molecule has 2 nitrogen and oxygen atoms in total. The van der Waals surface area contributed by atoms with Crippen LogP contribution in [0, 0.1) is 6.92 Å². The van der Waals surface area contributed by atoms with E-state index in [2.05, 4.69) is 36.7 Å². The molecule has 1 unspecified atom stereocenters.